The minimum absolute atomic E-state index is 0.913. The Morgan fingerprint density at radius 1 is 1.24 bits per heavy atom. The van der Waals surface area contributed by atoms with Crippen LogP contribution in [0.25, 0.3) is 0 Å². The van der Waals surface area contributed by atoms with Crippen molar-refractivity contribution >= 4 is 12.2 Å². The van der Waals surface area contributed by atoms with E-state index in [0.717, 1.165) is 0 Å². The van der Waals surface area contributed by atoms with Gasteiger partial charge in [0.25, 0.3) is 0 Å². The average molecular weight is 248 g/mol. The van der Waals surface area contributed by atoms with Gasteiger partial charge in [-0.2, -0.15) is 0 Å². The summed E-state index contributed by atoms with van der Waals surface area (Å²) in [6.45, 7) is -7.54. The Bertz CT molecular complexity index is 743. The number of benzene rings is 1. The van der Waals surface area contributed by atoms with Gasteiger partial charge in [-0.15, -0.1) is 0 Å². The number of nitrogens with two attached hydrogens (primary N) is 2. The van der Waals surface area contributed by atoms with Crippen molar-refractivity contribution in [1.82, 2.24) is 0 Å². The molecule has 0 atom stereocenters. The predicted octanol–water partition coefficient (Wildman–Crippen LogP) is 0.961. The van der Waals surface area contributed by atoms with Gasteiger partial charge in [0.2, 0.25) is 0 Å². The van der Waals surface area contributed by atoms with Crippen molar-refractivity contribution in [2.45, 2.75) is 5.89 Å². The second-order valence-corrected chi connectivity index (χ2v) is 2.42. The van der Waals surface area contributed by atoms with E-state index in [-0.39, 0.29) is 0 Å². The Morgan fingerprint density at radius 2 is 1.71 bits per heavy atom. The topological polar surface area (TPSA) is 105 Å². The Balaban J connectivity index is 4.04. The molecule has 1 aromatic carbocycles. The van der Waals surface area contributed by atoms with Crippen LogP contribution in [0.3, 0.4) is 0 Å². The lowest BCUT2D eigenvalue weighted by Gasteiger charge is -2.16. The SMILES string of the molecule is [2H]c1c([2H])c([2H])c(C([2H])(C([2H])([2H])OC(N)=O)C([2H])([2H])OC(N)=O)c([2H])c1[2H]. The molecule has 6 heteroatoms. The first-order valence-corrected chi connectivity index (χ1v) is 4.05. The van der Waals surface area contributed by atoms with Crippen LogP contribution in [0.1, 0.15) is 25.2 Å². The van der Waals surface area contributed by atoms with E-state index in [9.17, 15) is 9.59 Å². The van der Waals surface area contributed by atoms with Gasteiger partial charge < -0.3 is 20.9 Å². The van der Waals surface area contributed by atoms with Gasteiger partial charge in [0.05, 0.1) is 18.2 Å². The van der Waals surface area contributed by atoms with Crippen molar-refractivity contribution in [3.05, 3.63) is 35.8 Å². The molecule has 0 fully saturated rings. The lowest BCUT2D eigenvalue weighted by Crippen LogP contribution is -2.23. The van der Waals surface area contributed by atoms with Gasteiger partial charge in [-0.1, -0.05) is 30.2 Å². The van der Waals surface area contributed by atoms with Crippen LogP contribution in [0.5, 0.6) is 0 Å². The lowest BCUT2D eigenvalue weighted by atomic mass is 10.0. The standard InChI is InChI=1S/C11H14N2O4/c12-10(14)16-6-9(7-17-11(13)15)8-4-2-1-3-5-8/h1-5,9H,6-7H2,(H2,12,14)(H2,13,15)/i1D,2D,3D,4D,5D,6D2,7D2,9D. The smallest absolute Gasteiger partial charge is 0.404 e. The van der Waals surface area contributed by atoms with E-state index in [1.807, 2.05) is 0 Å². The fourth-order valence-corrected chi connectivity index (χ4v) is 0.701. The highest BCUT2D eigenvalue weighted by Crippen LogP contribution is 2.16. The summed E-state index contributed by atoms with van der Waals surface area (Å²) in [5.74, 6) is -3.72. The second kappa shape index (κ2) is 6.37. The highest BCUT2D eigenvalue weighted by atomic mass is 16.6. The molecular weight excluding hydrogens is 224 g/mol. The predicted molar refractivity (Wildman–Crippen MR) is 60.3 cm³/mol. The van der Waals surface area contributed by atoms with Crippen LogP contribution in [0.4, 0.5) is 9.59 Å². The summed E-state index contributed by atoms with van der Waals surface area (Å²) >= 11 is 0. The van der Waals surface area contributed by atoms with E-state index in [1.54, 1.807) is 0 Å². The largest absolute Gasteiger partial charge is 0.449 e. The first-order valence-electron chi connectivity index (χ1n) is 9.05. The second-order valence-electron chi connectivity index (χ2n) is 2.42. The number of hydrogen-bond acceptors (Lipinski definition) is 4. The molecule has 0 unspecified atom stereocenters. The minimum atomic E-state index is -3.77. The number of carbonyl (C=O) groups excluding carboxylic acids is 2. The van der Waals surface area contributed by atoms with E-state index in [0.29, 0.717) is 0 Å². The summed E-state index contributed by atoms with van der Waals surface area (Å²) in [6.07, 6.45) is -3.61. The molecular formula is C11H14N2O4. The molecule has 0 saturated carbocycles. The molecule has 0 aliphatic carbocycles. The number of amides is 2. The van der Waals surface area contributed by atoms with Gasteiger partial charge in [0.1, 0.15) is 13.1 Å². The van der Waals surface area contributed by atoms with Crippen molar-refractivity contribution in [1.29, 1.82) is 0 Å². The molecule has 2 amide bonds. The average Bonchev–Trinajstić information content (AvgIpc) is 2.48. The quantitative estimate of drug-likeness (QED) is 0.809. The van der Waals surface area contributed by atoms with Gasteiger partial charge in [-0.25, -0.2) is 9.59 Å². The van der Waals surface area contributed by atoms with E-state index in [2.05, 4.69) is 9.47 Å². The fourth-order valence-electron chi connectivity index (χ4n) is 0.701. The van der Waals surface area contributed by atoms with E-state index in [4.69, 9.17) is 25.2 Å². The van der Waals surface area contributed by atoms with Gasteiger partial charge in [0.15, 0.2) is 0 Å². The number of hydrogen-bond donors (Lipinski definition) is 2. The van der Waals surface area contributed by atoms with Crippen molar-refractivity contribution in [2.24, 2.45) is 11.5 Å². The molecule has 6 nitrogen and oxygen atoms in total. The molecule has 1 rings (SSSR count). The molecule has 92 valence electrons. The monoisotopic (exact) mass is 248 g/mol. The van der Waals surface area contributed by atoms with Crippen LogP contribution >= 0.6 is 0 Å². The summed E-state index contributed by atoms with van der Waals surface area (Å²) in [7, 11) is 0. The van der Waals surface area contributed by atoms with Crippen molar-refractivity contribution in [3.63, 3.8) is 0 Å². The van der Waals surface area contributed by atoms with Crippen LogP contribution in [0.2, 0.25) is 0 Å². The Kier molecular flexibility index (Phi) is 1.71. The Morgan fingerprint density at radius 3 is 2.12 bits per heavy atom. The van der Waals surface area contributed by atoms with Crippen molar-refractivity contribution in [3.8, 4) is 0 Å². The molecule has 0 saturated heterocycles. The van der Waals surface area contributed by atoms with Crippen LogP contribution in [-0.4, -0.2) is 25.3 Å². The van der Waals surface area contributed by atoms with E-state index < -0.39 is 67.0 Å². The lowest BCUT2D eigenvalue weighted by molar-refractivity contribution is 0.116. The first-order chi connectivity index (χ1) is 12.0. The molecule has 4 N–H and O–H groups in total. The maximum absolute atomic E-state index is 11.0. The molecule has 17 heavy (non-hydrogen) atoms. The third-order valence-electron chi connectivity index (χ3n) is 1.26. The summed E-state index contributed by atoms with van der Waals surface area (Å²) < 4.78 is 86.1. The zero-order chi connectivity index (χ0) is 21.5. The van der Waals surface area contributed by atoms with E-state index >= 15 is 0 Å². The molecule has 0 bridgehead atoms. The van der Waals surface area contributed by atoms with Gasteiger partial charge in [0, 0.05) is 1.37 Å². The molecule has 0 aliphatic heterocycles. The highest BCUT2D eigenvalue weighted by molar-refractivity contribution is 5.65. The van der Waals surface area contributed by atoms with Crippen molar-refractivity contribution < 1.29 is 32.8 Å². The normalized spacial score (nSPS) is 20.7. The van der Waals surface area contributed by atoms with Crippen LogP contribution in [0.15, 0.2) is 30.2 Å². The summed E-state index contributed by atoms with van der Waals surface area (Å²) in [5, 5.41) is 0. The molecule has 0 heterocycles. The third-order valence-corrected chi connectivity index (χ3v) is 1.26. The summed E-state index contributed by atoms with van der Waals surface area (Å²) in [4.78, 5) is 22.0. The minimum Gasteiger partial charge on any atom is -0.449 e. The number of primary amides is 2. The number of carbonyl (C=O) groups is 2. The Labute approximate surface area is 113 Å². The highest BCUT2D eigenvalue weighted by Gasteiger charge is 2.15. The zero-order valence-corrected chi connectivity index (χ0v) is 8.29. The van der Waals surface area contributed by atoms with Gasteiger partial charge in [-0.05, 0) is 5.56 Å². The zero-order valence-electron chi connectivity index (χ0n) is 18.3. The molecule has 0 aliphatic rings. The van der Waals surface area contributed by atoms with Gasteiger partial charge in [-0.3, -0.25) is 0 Å². The Hall–Kier alpha value is -2.24. The van der Waals surface area contributed by atoms with Crippen LogP contribution < -0.4 is 11.5 Å². The van der Waals surface area contributed by atoms with Gasteiger partial charge >= 0.3 is 12.2 Å². The summed E-state index contributed by atoms with van der Waals surface area (Å²) in [6, 6.07) is -5.36. The molecule has 1 aromatic rings. The number of ether oxygens (including phenoxy) is 2. The third kappa shape index (κ3) is 4.87. The maximum atomic E-state index is 11.0. The van der Waals surface area contributed by atoms with Crippen LogP contribution in [-0.2, 0) is 9.47 Å². The molecule has 0 radical (unpaired) electrons. The number of rotatable bonds is 5. The van der Waals surface area contributed by atoms with Crippen LogP contribution in [0, 0.1) is 0 Å². The molecule has 0 aromatic heterocycles. The maximum Gasteiger partial charge on any atom is 0.404 e. The van der Waals surface area contributed by atoms with E-state index in [1.165, 1.54) is 0 Å². The first kappa shape index (κ1) is 4.56. The van der Waals surface area contributed by atoms with Crippen molar-refractivity contribution in [2.75, 3.05) is 13.1 Å². The fraction of sp³-hybridized carbons (Fsp3) is 0.273. The summed E-state index contributed by atoms with van der Waals surface area (Å²) in [5.41, 5.74) is 8.16. The molecule has 0 spiro atoms.